The highest BCUT2D eigenvalue weighted by atomic mass is 35.5. The molecule has 3 aromatic carbocycles. The highest BCUT2D eigenvalue weighted by Gasteiger charge is 2.14. The molecule has 0 unspecified atom stereocenters. The third-order valence-corrected chi connectivity index (χ3v) is 4.92. The van der Waals surface area contributed by atoms with Gasteiger partial charge in [0.25, 0.3) is 5.56 Å². The van der Waals surface area contributed by atoms with E-state index in [4.69, 9.17) is 26.3 Å². The molecule has 4 aromatic rings. The molecular formula is C24H17ClN4O3. The lowest BCUT2D eigenvalue weighted by molar-refractivity contribution is 0.330. The minimum absolute atomic E-state index is 0.165. The first-order chi connectivity index (χ1) is 15.6. The Morgan fingerprint density at radius 3 is 2.66 bits per heavy atom. The van der Waals surface area contributed by atoms with Gasteiger partial charge >= 0.3 is 0 Å². The molecule has 4 rings (SSSR count). The van der Waals surface area contributed by atoms with Crippen LogP contribution in [-0.2, 0) is 0 Å². The maximum absolute atomic E-state index is 13.2. The second-order valence-corrected chi connectivity index (χ2v) is 7.07. The van der Waals surface area contributed by atoms with E-state index in [0.29, 0.717) is 28.0 Å². The molecule has 158 valence electrons. The van der Waals surface area contributed by atoms with Crippen molar-refractivity contribution in [3.8, 4) is 29.0 Å². The number of fused-ring (bicyclic) bond motifs is 1. The average molecular weight is 445 g/mol. The van der Waals surface area contributed by atoms with Crippen LogP contribution in [0.2, 0.25) is 5.02 Å². The van der Waals surface area contributed by atoms with Crippen molar-refractivity contribution in [1.29, 1.82) is 5.26 Å². The monoisotopic (exact) mass is 444 g/mol. The molecule has 0 N–H and O–H groups in total. The van der Waals surface area contributed by atoms with Crippen LogP contribution < -0.4 is 15.0 Å². The van der Waals surface area contributed by atoms with Crippen LogP contribution in [0.1, 0.15) is 5.56 Å². The van der Waals surface area contributed by atoms with Crippen molar-refractivity contribution < 1.29 is 9.47 Å². The summed E-state index contributed by atoms with van der Waals surface area (Å²) in [5, 5.41) is 13.9. The molecular weight excluding hydrogens is 428 g/mol. The lowest BCUT2D eigenvalue weighted by Crippen LogP contribution is -2.20. The summed E-state index contributed by atoms with van der Waals surface area (Å²) >= 11 is 6.31. The van der Waals surface area contributed by atoms with Crippen LogP contribution in [0.25, 0.3) is 22.3 Å². The van der Waals surface area contributed by atoms with E-state index >= 15 is 0 Å². The topological polar surface area (TPSA) is 89.5 Å². The van der Waals surface area contributed by atoms with Crippen molar-refractivity contribution in [2.45, 2.75) is 0 Å². The lowest BCUT2D eigenvalue weighted by atomic mass is 10.2. The Kier molecular flexibility index (Phi) is 6.15. The number of rotatable bonds is 6. The zero-order chi connectivity index (χ0) is 22.5. The summed E-state index contributed by atoms with van der Waals surface area (Å²) in [5.41, 5.74) is 1.63. The molecule has 8 heteroatoms. The van der Waals surface area contributed by atoms with Crippen LogP contribution in [0, 0.1) is 11.3 Å². The Morgan fingerprint density at radius 1 is 1.16 bits per heavy atom. The number of aromatic nitrogens is 2. The van der Waals surface area contributed by atoms with Crippen molar-refractivity contribution in [2.24, 2.45) is 5.10 Å². The van der Waals surface area contributed by atoms with Crippen LogP contribution in [0.3, 0.4) is 0 Å². The highest BCUT2D eigenvalue weighted by molar-refractivity contribution is 6.32. The molecule has 0 radical (unpaired) electrons. The summed E-state index contributed by atoms with van der Waals surface area (Å²) in [6.07, 6.45) is 1.49. The van der Waals surface area contributed by atoms with Gasteiger partial charge in [-0.1, -0.05) is 54.1 Å². The zero-order valence-electron chi connectivity index (χ0n) is 17.0. The standard InChI is InChI=1S/C24H17ClN4O3/c1-31-21-14-16(13-19(25)22(21)32-12-11-26)15-27-29-23(17-7-3-2-4-8-17)28-20-10-6-5-9-18(20)24(29)30/h2-10,13-15H,12H2,1H3. The van der Waals surface area contributed by atoms with E-state index in [1.807, 2.05) is 42.5 Å². The number of nitriles is 1. The fourth-order valence-corrected chi connectivity index (χ4v) is 3.46. The average Bonchev–Trinajstić information content (AvgIpc) is 2.83. The van der Waals surface area contributed by atoms with Crippen molar-refractivity contribution in [3.05, 3.63) is 87.7 Å². The molecule has 1 aromatic heterocycles. The predicted octanol–water partition coefficient (Wildman–Crippen LogP) is 4.51. The van der Waals surface area contributed by atoms with Gasteiger partial charge in [0.2, 0.25) is 0 Å². The summed E-state index contributed by atoms with van der Waals surface area (Å²) in [6.45, 7) is -0.165. The van der Waals surface area contributed by atoms with Crippen LogP contribution in [0.15, 0.2) is 76.6 Å². The van der Waals surface area contributed by atoms with Crippen LogP contribution in [-0.4, -0.2) is 29.6 Å². The van der Waals surface area contributed by atoms with Gasteiger partial charge in [0.15, 0.2) is 23.9 Å². The third-order valence-electron chi connectivity index (χ3n) is 4.64. The Morgan fingerprint density at radius 2 is 1.91 bits per heavy atom. The van der Waals surface area contributed by atoms with Crippen molar-refractivity contribution in [3.63, 3.8) is 0 Å². The SMILES string of the molecule is COc1cc(C=Nn2c(-c3ccccc3)nc3ccccc3c2=O)cc(Cl)c1OCC#N. The molecule has 0 aliphatic rings. The predicted molar refractivity (Wildman–Crippen MR) is 124 cm³/mol. The molecule has 0 bridgehead atoms. The number of hydrogen-bond acceptors (Lipinski definition) is 6. The first-order valence-electron chi connectivity index (χ1n) is 9.61. The Hall–Kier alpha value is -4.15. The number of methoxy groups -OCH3 is 1. The number of hydrogen-bond donors (Lipinski definition) is 0. The molecule has 0 amide bonds. The van der Waals surface area contributed by atoms with Gasteiger partial charge in [0.05, 0.1) is 29.2 Å². The van der Waals surface area contributed by atoms with E-state index in [1.54, 1.807) is 30.3 Å². The maximum Gasteiger partial charge on any atom is 0.282 e. The van der Waals surface area contributed by atoms with E-state index < -0.39 is 0 Å². The first-order valence-corrected chi connectivity index (χ1v) is 9.99. The summed E-state index contributed by atoms with van der Waals surface area (Å²) in [5.74, 6) is 1.03. The minimum atomic E-state index is -0.294. The quantitative estimate of drug-likeness (QED) is 0.408. The van der Waals surface area contributed by atoms with Crippen LogP contribution in [0.4, 0.5) is 0 Å². The van der Waals surface area contributed by atoms with Gasteiger partial charge in [0, 0.05) is 5.56 Å². The van der Waals surface area contributed by atoms with E-state index in [2.05, 4.69) is 10.1 Å². The molecule has 0 saturated heterocycles. The van der Waals surface area contributed by atoms with Gasteiger partial charge in [-0.25, -0.2) is 4.98 Å². The first kappa shape index (κ1) is 21.1. The molecule has 0 atom stereocenters. The van der Waals surface area contributed by atoms with E-state index in [-0.39, 0.29) is 22.9 Å². The number of nitrogens with zero attached hydrogens (tertiary/aromatic N) is 4. The van der Waals surface area contributed by atoms with Gasteiger partial charge < -0.3 is 9.47 Å². The fourth-order valence-electron chi connectivity index (χ4n) is 3.19. The number of halogens is 1. The summed E-state index contributed by atoms with van der Waals surface area (Å²) in [7, 11) is 1.47. The minimum Gasteiger partial charge on any atom is -0.493 e. The molecule has 0 aliphatic heterocycles. The largest absolute Gasteiger partial charge is 0.493 e. The van der Waals surface area contributed by atoms with E-state index in [1.165, 1.54) is 18.0 Å². The van der Waals surface area contributed by atoms with Gasteiger partial charge in [-0.3, -0.25) is 4.79 Å². The second kappa shape index (κ2) is 9.33. The van der Waals surface area contributed by atoms with E-state index in [0.717, 1.165) is 5.56 Å². The fraction of sp³-hybridized carbons (Fsp3) is 0.0833. The molecule has 32 heavy (non-hydrogen) atoms. The van der Waals surface area contributed by atoms with Crippen molar-refractivity contribution in [1.82, 2.24) is 9.66 Å². The zero-order valence-corrected chi connectivity index (χ0v) is 17.8. The summed E-state index contributed by atoms with van der Waals surface area (Å²) < 4.78 is 11.9. The maximum atomic E-state index is 13.2. The number of ether oxygens (including phenoxy) is 2. The van der Waals surface area contributed by atoms with Crippen LogP contribution >= 0.6 is 11.6 Å². The van der Waals surface area contributed by atoms with Gasteiger partial charge in [-0.15, -0.1) is 0 Å². The molecule has 0 fully saturated rings. The normalized spacial score (nSPS) is 10.9. The Labute approximate surface area is 188 Å². The van der Waals surface area contributed by atoms with Gasteiger partial charge in [0.1, 0.15) is 6.07 Å². The molecule has 1 heterocycles. The second-order valence-electron chi connectivity index (χ2n) is 6.66. The molecule has 0 saturated carbocycles. The molecule has 7 nitrogen and oxygen atoms in total. The molecule has 0 aliphatic carbocycles. The highest BCUT2D eigenvalue weighted by Crippen LogP contribution is 2.36. The summed E-state index contributed by atoms with van der Waals surface area (Å²) in [6, 6.07) is 21.6. The third kappa shape index (κ3) is 4.17. The number of benzene rings is 3. The van der Waals surface area contributed by atoms with E-state index in [9.17, 15) is 4.79 Å². The van der Waals surface area contributed by atoms with Gasteiger partial charge in [-0.2, -0.15) is 15.0 Å². The Bertz CT molecular complexity index is 1410. The van der Waals surface area contributed by atoms with Crippen molar-refractivity contribution in [2.75, 3.05) is 13.7 Å². The summed E-state index contributed by atoms with van der Waals surface area (Å²) in [4.78, 5) is 17.9. The smallest absolute Gasteiger partial charge is 0.282 e. The number of para-hydroxylation sites is 1. The van der Waals surface area contributed by atoms with Gasteiger partial charge in [-0.05, 0) is 29.8 Å². The van der Waals surface area contributed by atoms with Crippen LogP contribution in [0.5, 0.6) is 11.5 Å². The molecule has 0 spiro atoms. The van der Waals surface area contributed by atoms with Crippen molar-refractivity contribution >= 4 is 28.7 Å². The Balaban J connectivity index is 1.84. The lowest BCUT2D eigenvalue weighted by Gasteiger charge is -2.12.